The molecule has 1 saturated carbocycles. The highest BCUT2D eigenvalue weighted by Gasteiger charge is 2.26. The Morgan fingerprint density at radius 2 is 1.95 bits per heavy atom. The zero-order valence-electron chi connectivity index (χ0n) is 11.3. The van der Waals surface area contributed by atoms with Crippen molar-refractivity contribution in [1.29, 1.82) is 0 Å². The number of hydrogen-bond acceptors (Lipinski definition) is 5. The molecule has 5 nitrogen and oxygen atoms in total. The summed E-state index contributed by atoms with van der Waals surface area (Å²) in [5.74, 6) is 1.85. The Balaban J connectivity index is 1.56. The van der Waals surface area contributed by atoms with Crippen molar-refractivity contribution in [2.24, 2.45) is 0 Å². The van der Waals surface area contributed by atoms with Crippen LogP contribution in [0.1, 0.15) is 62.6 Å². The minimum absolute atomic E-state index is 0.144. The monoisotopic (exact) mass is 266 g/mol. The summed E-state index contributed by atoms with van der Waals surface area (Å²) in [6, 6.07) is 0. The summed E-state index contributed by atoms with van der Waals surface area (Å²) in [5, 5.41) is 13.6. The normalized spacial score (nSPS) is 32.4. The Kier molecular flexibility index (Phi) is 4.13. The summed E-state index contributed by atoms with van der Waals surface area (Å²) >= 11 is 0. The van der Waals surface area contributed by atoms with Crippen molar-refractivity contribution in [2.75, 3.05) is 6.61 Å². The molecule has 1 aliphatic carbocycles. The highest BCUT2D eigenvalue weighted by Crippen LogP contribution is 2.32. The highest BCUT2D eigenvalue weighted by atomic mass is 16.5. The first-order valence-electron chi connectivity index (χ1n) is 7.43. The SMILES string of the molecule is OC1CCC(c2nc(CC3CCCCO3)no2)CC1. The van der Waals surface area contributed by atoms with Gasteiger partial charge in [-0.15, -0.1) is 0 Å². The van der Waals surface area contributed by atoms with Gasteiger partial charge in [0, 0.05) is 18.9 Å². The van der Waals surface area contributed by atoms with Gasteiger partial charge in [-0.3, -0.25) is 0 Å². The molecule has 1 atom stereocenters. The average Bonchev–Trinajstić information content (AvgIpc) is 2.89. The zero-order chi connectivity index (χ0) is 13.1. The van der Waals surface area contributed by atoms with E-state index in [0.29, 0.717) is 5.92 Å². The van der Waals surface area contributed by atoms with E-state index in [1.54, 1.807) is 0 Å². The van der Waals surface area contributed by atoms with Crippen LogP contribution >= 0.6 is 0 Å². The van der Waals surface area contributed by atoms with Crippen molar-refractivity contribution in [1.82, 2.24) is 10.1 Å². The lowest BCUT2D eigenvalue weighted by Crippen LogP contribution is -2.22. The number of hydrogen-bond donors (Lipinski definition) is 1. The van der Waals surface area contributed by atoms with Crippen LogP contribution in [0.15, 0.2) is 4.52 Å². The maximum absolute atomic E-state index is 9.51. The van der Waals surface area contributed by atoms with Gasteiger partial charge in [0.05, 0.1) is 12.2 Å². The van der Waals surface area contributed by atoms with Crippen molar-refractivity contribution < 1.29 is 14.4 Å². The molecule has 0 amide bonds. The quantitative estimate of drug-likeness (QED) is 0.908. The molecule has 5 heteroatoms. The molecule has 1 aromatic rings. The minimum Gasteiger partial charge on any atom is -0.393 e. The molecule has 2 aliphatic rings. The molecular weight excluding hydrogens is 244 g/mol. The summed E-state index contributed by atoms with van der Waals surface area (Å²) in [6.45, 7) is 0.857. The van der Waals surface area contributed by atoms with Crippen LogP contribution in [0.5, 0.6) is 0 Å². The van der Waals surface area contributed by atoms with Gasteiger partial charge in [0.1, 0.15) is 0 Å². The zero-order valence-corrected chi connectivity index (χ0v) is 11.3. The van der Waals surface area contributed by atoms with Crippen LogP contribution in [-0.4, -0.2) is 34.1 Å². The molecule has 2 fully saturated rings. The molecule has 0 bridgehead atoms. The van der Waals surface area contributed by atoms with Gasteiger partial charge >= 0.3 is 0 Å². The standard InChI is InChI=1S/C14H22N2O3/c17-11-6-4-10(5-7-11)14-15-13(16-19-14)9-12-3-1-2-8-18-12/h10-12,17H,1-9H2. The number of rotatable bonds is 3. The molecule has 0 radical (unpaired) electrons. The van der Waals surface area contributed by atoms with Crippen molar-refractivity contribution in [3.8, 4) is 0 Å². The van der Waals surface area contributed by atoms with E-state index < -0.39 is 0 Å². The molecule has 1 saturated heterocycles. The van der Waals surface area contributed by atoms with Crippen LogP contribution in [0.4, 0.5) is 0 Å². The Hall–Kier alpha value is -0.940. The van der Waals surface area contributed by atoms with Crippen molar-refractivity contribution in [3.05, 3.63) is 11.7 Å². The lowest BCUT2D eigenvalue weighted by molar-refractivity contribution is 0.0153. The largest absolute Gasteiger partial charge is 0.393 e. The van der Waals surface area contributed by atoms with Gasteiger partial charge in [-0.05, 0) is 44.9 Å². The Morgan fingerprint density at radius 3 is 2.68 bits per heavy atom. The fourth-order valence-electron chi connectivity index (χ4n) is 3.01. The van der Waals surface area contributed by atoms with E-state index in [2.05, 4.69) is 10.1 Å². The van der Waals surface area contributed by atoms with Gasteiger partial charge in [-0.25, -0.2) is 0 Å². The van der Waals surface area contributed by atoms with Gasteiger partial charge < -0.3 is 14.4 Å². The molecule has 0 aromatic carbocycles. The topological polar surface area (TPSA) is 68.4 Å². The van der Waals surface area contributed by atoms with E-state index in [1.165, 1.54) is 12.8 Å². The fourth-order valence-corrected chi connectivity index (χ4v) is 3.01. The summed E-state index contributed by atoms with van der Waals surface area (Å²) < 4.78 is 11.1. The Bertz CT molecular complexity index is 393. The molecule has 1 aromatic heterocycles. The van der Waals surface area contributed by atoms with Gasteiger partial charge in [-0.2, -0.15) is 4.98 Å². The molecule has 2 heterocycles. The second-order valence-corrected chi connectivity index (χ2v) is 5.75. The van der Waals surface area contributed by atoms with Crippen molar-refractivity contribution in [2.45, 2.75) is 69.5 Å². The van der Waals surface area contributed by atoms with E-state index in [1.807, 2.05) is 0 Å². The second kappa shape index (κ2) is 6.01. The molecular formula is C14H22N2O3. The molecule has 19 heavy (non-hydrogen) atoms. The summed E-state index contributed by atoms with van der Waals surface area (Å²) in [5.41, 5.74) is 0. The fraction of sp³-hybridized carbons (Fsp3) is 0.857. The number of aliphatic hydroxyl groups excluding tert-OH is 1. The Morgan fingerprint density at radius 1 is 1.11 bits per heavy atom. The van der Waals surface area contributed by atoms with Crippen LogP contribution in [0.3, 0.4) is 0 Å². The third kappa shape index (κ3) is 3.34. The van der Waals surface area contributed by atoms with E-state index in [9.17, 15) is 5.11 Å². The summed E-state index contributed by atoms with van der Waals surface area (Å²) in [7, 11) is 0. The van der Waals surface area contributed by atoms with E-state index in [4.69, 9.17) is 9.26 Å². The van der Waals surface area contributed by atoms with Gasteiger partial charge in [-0.1, -0.05) is 5.16 Å². The van der Waals surface area contributed by atoms with Crippen LogP contribution in [0.25, 0.3) is 0 Å². The smallest absolute Gasteiger partial charge is 0.229 e. The van der Waals surface area contributed by atoms with Crippen LogP contribution < -0.4 is 0 Å². The van der Waals surface area contributed by atoms with Crippen molar-refractivity contribution in [3.63, 3.8) is 0 Å². The highest BCUT2D eigenvalue weighted by molar-refractivity contribution is 4.97. The number of aliphatic hydroxyl groups is 1. The first-order chi connectivity index (χ1) is 9.31. The molecule has 0 spiro atoms. The number of aromatic nitrogens is 2. The Labute approximate surface area is 113 Å². The lowest BCUT2D eigenvalue weighted by Gasteiger charge is -2.22. The molecule has 3 rings (SSSR count). The van der Waals surface area contributed by atoms with Gasteiger partial charge in [0.2, 0.25) is 5.89 Å². The van der Waals surface area contributed by atoms with Crippen LogP contribution in [0.2, 0.25) is 0 Å². The third-order valence-electron chi connectivity index (χ3n) is 4.21. The molecule has 1 aliphatic heterocycles. The first kappa shape index (κ1) is 13.1. The minimum atomic E-state index is -0.144. The van der Waals surface area contributed by atoms with Crippen molar-refractivity contribution >= 4 is 0 Å². The first-order valence-corrected chi connectivity index (χ1v) is 7.43. The summed E-state index contributed by atoms with van der Waals surface area (Å²) in [6.07, 6.45) is 7.95. The van der Waals surface area contributed by atoms with E-state index in [-0.39, 0.29) is 12.2 Å². The molecule has 1 N–H and O–H groups in total. The lowest BCUT2D eigenvalue weighted by atomic mass is 9.87. The predicted octanol–water partition coefficient (Wildman–Crippen LogP) is 2.20. The third-order valence-corrected chi connectivity index (χ3v) is 4.21. The number of ether oxygens (including phenoxy) is 1. The van der Waals surface area contributed by atoms with E-state index >= 15 is 0 Å². The average molecular weight is 266 g/mol. The summed E-state index contributed by atoms with van der Waals surface area (Å²) in [4.78, 5) is 4.51. The maximum atomic E-state index is 9.51. The number of nitrogens with zero attached hydrogens (tertiary/aromatic N) is 2. The molecule has 1 unspecified atom stereocenters. The van der Waals surface area contributed by atoms with Crippen LogP contribution in [0, 0.1) is 0 Å². The second-order valence-electron chi connectivity index (χ2n) is 5.75. The van der Waals surface area contributed by atoms with Gasteiger partial charge in [0.15, 0.2) is 5.82 Å². The van der Waals surface area contributed by atoms with Gasteiger partial charge in [0.25, 0.3) is 0 Å². The maximum Gasteiger partial charge on any atom is 0.229 e. The predicted molar refractivity (Wildman–Crippen MR) is 68.8 cm³/mol. The van der Waals surface area contributed by atoms with Crippen LogP contribution in [-0.2, 0) is 11.2 Å². The molecule has 106 valence electrons. The van der Waals surface area contributed by atoms with E-state index in [0.717, 1.165) is 56.8 Å².